The number of hydrogen-bond acceptors (Lipinski definition) is 6. The number of rotatable bonds is 11. The average Bonchev–Trinajstić information content (AvgIpc) is 3.71. The molecule has 1 aliphatic rings. The largest absolute Gasteiger partial charge is 0.573 e. The molecule has 2 aromatic carbocycles. The SMILES string of the molecule is O=C(NCc1ccccn1)C(=O)[C@@H](Cc1ccccc1)NC(=O)C1(NC(=O)c2cc(Br)cc(OC(F)(F)F)c2)CC1. The van der Waals surface area contributed by atoms with E-state index in [9.17, 15) is 32.3 Å². The van der Waals surface area contributed by atoms with E-state index in [0.29, 0.717) is 11.3 Å². The maximum Gasteiger partial charge on any atom is 0.573 e. The maximum atomic E-state index is 13.3. The van der Waals surface area contributed by atoms with E-state index in [1.807, 2.05) is 0 Å². The number of pyridine rings is 1. The predicted molar refractivity (Wildman–Crippen MR) is 143 cm³/mol. The Morgan fingerprint density at radius 3 is 2.34 bits per heavy atom. The van der Waals surface area contributed by atoms with Crippen molar-refractivity contribution in [3.8, 4) is 5.75 Å². The molecule has 0 bridgehead atoms. The summed E-state index contributed by atoms with van der Waals surface area (Å²) in [4.78, 5) is 56.2. The summed E-state index contributed by atoms with van der Waals surface area (Å²) < 4.78 is 42.1. The van der Waals surface area contributed by atoms with Crippen LogP contribution in [0.25, 0.3) is 0 Å². The number of carbonyl (C=O) groups is 4. The number of benzene rings is 2. The Morgan fingerprint density at radius 1 is 1.00 bits per heavy atom. The molecule has 4 rings (SSSR count). The van der Waals surface area contributed by atoms with E-state index in [-0.39, 0.29) is 35.8 Å². The maximum absolute atomic E-state index is 13.3. The molecule has 1 aromatic heterocycles. The first-order valence-corrected chi connectivity index (χ1v) is 13.2. The summed E-state index contributed by atoms with van der Waals surface area (Å²) in [5, 5.41) is 7.66. The van der Waals surface area contributed by atoms with Gasteiger partial charge in [-0.25, -0.2) is 0 Å². The number of aromatic nitrogens is 1. The fourth-order valence-corrected chi connectivity index (χ4v) is 4.46. The van der Waals surface area contributed by atoms with Crippen molar-refractivity contribution < 1.29 is 37.1 Å². The number of Topliss-reactive ketones (excluding diaryl/α,β-unsaturated/α-hetero) is 1. The van der Waals surface area contributed by atoms with Gasteiger partial charge in [0.15, 0.2) is 0 Å². The summed E-state index contributed by atoms with van der Waals surface area (Å²) >= 11 is 3.05. The lowest BCUT2D eigenvalue weighted by atomic mass is 10.0. The van der Waals surface area contributed by atoms with Gasteiger partial charge in [-0.05, 0) is 48.7 Å². The summed E-state index contributed by atoms with van der Waals surface area (Å²) in [6.45, 7) is 0.00406. The van der Waals surface area contributed by atoms with Gasteiger partial charge in [-0.2, -0.15) is 0 Å². The first-order valence-electron chi connectivity index (χ1n) is 12.4. The van der Waals surface area contributed by atoms with Gasteiger partial charge < -0.3 is 20.7 Å². The minimum atomic E-state index is -4.96. The third kappa shape index (κ3) is 8.37. The van der Waals surface area contributed by atoms with Crippen molar-refractivity contribution in [1.82, 2.24) is 20.9 Å². The molecule has 3 amide bonds. The fourth-order valence-electron chi connectivity index (χ4n) is 3.98. The van der Waals surface area contributed by atoms with Gasteiger partial charge in [0, 0.05) is 22.7 Å². The number of amides is 3. The van der Waals surface area contributed by atoms with E-state index in [2.05, 4.69) is 41.6 Å². The molecular weight excluding hydrogens is 609 g/mol. The molecule has 3 aromatic rings. The molecule has 0 radical (unpaired) electrons. The topological polar surface area (TPSA) is 126 Å². The van der Waals surface area contributed by atoms with Crippen molar-refractivity contribution in [2.24, 2.45) is 0 Å². The van der Waals surface area contributed by atoms with Crippen molar-refractivity contribution in [1.29, 1.82) is 0 Å². The number of nitrogens with one attached hydrogen (secondary N) is 3. The fraction of sp³-hybridized carbons (Fsp3) is 0.250. The van der Waals surface area contributed by atoms with E-state index in [1.54, 1.807) is 54.7 Å². The van der Waals surface area contributed by atoms with E-state index < -0.39 is 47.2 Å². The van der Waals surface area contributed by atoms with Crippen molar-refractivity contribution >= 4 is 39.4 Å². The van der Waals surface area contributed by atoms with E-state index >= 15 is 0 Å². The molecule has 0 aliphatic heterocycles. The molecule has 0 spiro atoms. The Bertz CT molecular complexity index is 1430. The van der Waals surface area contributed by atoms with Gasteiger partial charge in [0.25, 0.3) is 11.8 Å². The number of halogens is 4. The van der Waals surface area contributed by atoms with Crippen molar-refractivity contribution in [2.45, 2.75) is 43.8 Å². The van der Waals surface area contributed by atoms with Gasteiger partial charge >= 0.3 is 6.36 Å². The third-order valence-electron chi connectivity index (χ3n) is 6.19. The highest BCUT2D eigenvalue weighted by atomic mass is 79.9. The summed E-state index contributed by atoms with van der Waals surface area (Å²) in [5.74, 6) is -3.93. The smallest absolute Gasteiger partial charge is 0.406 e. The lowest BCUT2D eigenvalue weighted by Gasteiger charge is -2.23. The molecule has 41 heavy (non-hydrogen) atoms. The molecule has 0 saturated heterocycles. The summed E-state index contributed by atoms with van der Waals surface area (Å²) in [6.07, 6.45) is -2.96. The van der Waals surface area contributed by atoms with Gasteiger partial charge in [-0.3, -0.25) is 24.2 Å². The molecule has 3 N–H and O–H groups in total. The summed E-state index contributed by atoms with van der Waals surface area (Å²) in [6, 6.07) is 15.8. The van der Waals surface area contributed by atoms with Crippen molar-refractivity contribution in [3.63, 3.8) is 0 Å². The number of hydrogen-bond donors (Lipinski definition) is 3. The normalized spacial score (nSPS) is 14.3. The van der Waals surface area contributed by atoms with Gasteiger partial charge in [-0.15, -0.1) is 13.2 Å². The van der Waals surface area contributed by atoms with Gasteiger partial charge in [0.1, 0.15) is 17.3 Å². The van der Waals surface area contributed by atoms with Crippen LogP contribution in [0.1, 0.15) is 34.5 Å². The number of nitrogens with zero attached hydrogens (tertiary/aromatic N) is 1. The van der Waals surface area contributed by atoms with Crippen molar-refractivity contribution in [2.75, 3.05) is 0 Å². The second kappa shape index (κ2) is 12.5. The van der Waals surface area contributed by atoms with Crippen molar-refractivity contribution in [3.05, 3.63) is 94.2 Å². The minimum Gasteiger partial charge on any atom is -0.406 e. The highest BCUT2D eigenvalue weighted by Crippen LogP contribution is 2.36. The zero-order chi connectivity index (χ0) is 29.6. The quantitative estimate of drug-likeness (QED) is 0.277. The van der Waals surface area contributed by atoms with Crippen LogP contribution in [0.15, 0.2) is 77.4 Å². The zero-order valence-electron chi connectivity index (χ0n) is 21.3. The Morgan fingerprint density at radius 2 is 1.71 bits per heavy atom. The van der Waals surface area contributed by atoms with Crippen LogP contribution in [0.4, 0.5) is 13.2 Å². The second-order valence-electron chi connectivity index (χ2n) is 9.34. The molecular formula is C28H24BrF3N4O5. The van der Waals surface area contributed by atoms with Crippen LogP contribution in [0.2, 0.25) is 0 Å². The number of ketones is 1. The molecule has 1 heterocycles. The van der Waals surface area contributed by atoms with Crippen LogP contribution in [-0.2, 0) is 27.3 Å². The standard InChI is InChI=1S/C28H24BrF3N4O5/c29-19-13-18(14-21(15-19)41-28(30,31)32)24(38)36-27(9-10-27)26(40)35-22(12-17-6-2-1-3-7-17)23(37)25(39)34-16-20-8-4-5-11-33-20/h1-8,11,13-15,22H,9-10,12,16H2,(H,34,39)(H,35,40)(H,36,38)/t22-/m1/s1. The Balaban J connectivity index is 1.46. The number of alkyl halides is 3. The first-order chi connectivity index (χ1) is 19.4. The highest BCUT2D eigenvalue weighted by molar-refractivity contribution is 9.10. The molecule has 1 saturated carbocycles. The summed E-state index contributed by atoms with van der Waals surface area (Å²) in [5.41, 5.74) is -0.356. The van der Waals surface area contributed by atoms with Gasteiger partial charge in [0.2, 0.25) is 11.7 Å². The van der Waals surface area contributed by atoms with Crippen LogP contribution in [0.3, 0.4) is 0 Å². The van der Waals surface area contributed by atoms with Crippen LogP contribution < -0.4 is 20.7 Å². The second-order valence-corrected chi connectivity index (χ2v) is 10.3. The number of carbonyl (C=O) groups excluding carboxylic acids is 4. The Kier molecular flexibility index (Phi) is 9.06. The minimum absolute atomic E-state index is 0.00406. The lowest BCUT2D eigenvalue weighted by molar-refractivity contribution is -0.274. The third-order valence-corrected chi connectivity index (χ3v) is 6.65. The van der Waals surface area contributed by atoms with E-state index in [4.69, 9.17) is 0 Å². The van der Waals surface area contributed by atoms with Gasteiger partial charge in [-0.1, -0.05) is 52.3 Å². The molecule has 13 heteroatoms. The molecule has 1 atom stereocenters. The first kappa shape index (κ1) is 29.7. The van der Waals surface area contributed by atoms with Crippen LogP contribution >= 0.6 is 15.9 Å². The molecule has 214 valence electrons. The highest BCUT2D eigenvalue weighted by Gasteiger charge is 2.52. The molecule has 1 fully saturated rings. The zero-order valence-corrected chi connectivity index (χ0v) is 22.9. The lowest BCUT2D eigenvalue weighted by Crippen LogP contribution is -2.55. The van der Waals surface area contributed by atoms with E-state index in [1.165, 1.54) is 6.07 Å². The summed E-state index contributed by atoms with van der Waals surface area (Å²) in [7, 11) is 0. The average molecular weight is 633 g/mol. The van der Waals surface area contributed by atoms with Gasteiger partial charge in [0.05, 0.1) is 12.2 Å². The molecule has 0 unspecified atom stereocenters. The Labute approximate surface area is 241 Å². The van der Waals surface area contributed by atoms with Crippen LogP contribution in [0.5, 0.6) is 5.75 Å². The molecule has 1 aliphatic carbocycles. The molecule has 9 nitrogen and oxygen atoms in total. The monoisotopic (exact) mass is 632 g/mol. The Hall–Kier alpha value is -4.26. The van der Waals surface area contributed by atoms with Crippen LogP contribution in [-0.4, -0.2) is 46.4 Å². The van der Waals surface area contributed by atoms with Crippen LogP contribution in [0, 0.1) is 0 Å². The number of ether oxygens (including phenoxy) is 1. The predicted octanol–water partition coefficient (Wildman–Crippen LogP) is 3.62. The van der Waals surface area contributed by atoms with E-state index in [0.717, 1.165) is 12.1 Å².